The number of nitrogens with one attached hydrogen (secondary N) is 2. The van der Waals surface area contributed by atoms with Crippen molar-refractivity contribution in [2.75, 3.05) is 0 Å². The van der Waals surface area contributed by atoms with Crippen LogP contribution in [0.15, 0.2) is 0 Å². The Morgan fingerprint density at radius 1 is 0.960 bits per heavy atom. The predicted molar refractivity (Wildman–Crippen MR) is 103 cm³/mol. The van der Waals surface area contributed by atoms with E-state index in [2.05, 4.69) is 38.3 Å². The monoisotopic (exact) mass is 356 g/mol. The lowest BCUT2D eigenvalue weighted by Gasteiger charge is -2.30. The van der Waals surface area contributed by atoms with Crippen molar-refractivity contribution < 1.29 is 14.3 Å². The summed E-state index contributed by atoms with van der Waals surface area (Å²) in [6.45, 7) is 17.9. The minimum absolute atomic E-state index is 0.0200. The Hall–Kier alpha value is -1.26. The number of rotatable bonds is 9. The lowest BCUT2D eigenvalue weighted by Crippen LogP contribution is -2.54. The van der Waals surface area contributed by atoms with Gasteiger partial charge in [-0.25, -0.2) is 4.79 Å². The van der Waals surface area contributed by atoms with Crippen molar-refractivity contribution in [1.29, 1.82) is 0 Å². The van der Waals surface area contributed by atoms with Crippen LogP contribution in [0.5, 0.6) is 0 Å². The third kappa shape index (κ3) is 10.4. The molecule has 0 saturated heterocycles. The first-order valence-electron chi connectivity index (χ1n) is 9.67. The molecule has 0 saturated carbocycles. The standard InChI is InChI=1S/C20H40N2O3/c1-10-11-15(6)12-16(13(2)3)21-18(23)17(14(4)5)22-19(24)25-20(7,8)9/h13-17H,10-12H2,1-9H3,(H,21,23)(H,22,24)/t15?,16?,17-/m0/s1. The molecule has 3 atom stereocenters. The average Bonchev–Trinajstić information content (AvgIpc) is 2.41. The van der Waals surface area contributed by atoms with Crippen LogP contribution in [-0.2, 0) is 9.53 Å². The van der Waals surface area contributed by atoms with Crippen molar-refractivity contribution in [2.45, 2.75) is 99.3 Å². The average molecular weight is 357 g/mol. The van der Waals surface area contributed by atoms with Gasteiger partial charge in [0, 0.05) is 6.04 Å². The highest BCUT2D eigenvalue weighted by Gasteiger charge is 2.29. The molecule has 25 heavy (non-hydrogen) atoms. The second kappa shape index (κ2) is 10.7. The minimum Gasteiger partial charge on any atom is -0.444 e. The van der Waals surface area contributed by atoms with Gasteiger partial charge in [0.1, 0.15) is 11.6 Å². The van der Waals surface area contributed by atoms with Gasteiger partial charge in [-0.15, -0.1) is 0 Å². The molecule has 5 nitrogen and oxygen atoms in total. The van der Waals surface area contributed by atoms with Crippen molar-refractivity contribution in [3.63, 3.8) is 0 Å². The van der Waals surface area contributed by atoms with Crippen molar-refractivity contribution >= 4 is 12.0 Å². The molecular weight excluding hydrogens is 316 g/mol. The van der Waals surface area contributed by atoms with Crippen molar-refractivity contribution in [2.24, 2.45) is 17.8 Å². The Morgan fingerprint density at radius 2 is 1.52 bits per heavy atom. The smallest absolute Gasteiger partial charge is 0.408 e. The number of carbonyl (C=O) groups is 2. The van der Waals surface area contributed by atoms with Crippen LogP contribution in [-0.4, -0.2) is 29.7 Å². The number of hydrogen-bond acceptors (Lipinski definition) is 3. The highest BCUT2D eigenvalue weighted by atomic mass is 16.6. The molecule has 0 aromatic rings. The maximum atomic E-state index is 12.8. The van der Waals surface area contributed by atoms with E-state index in [9.17, 15) is 9.59 Å². The van der Waals surface area contributed by atoms with Crippen molar-refractivity contribution in [3.05, 3.63) is 0 Å². The first-order chi connectivity index (χ1) is 11.4. The van der Waals surface area contributed by atoms with Crippen molar-refractivity contribution in [1.82, 2.24) is 10.6 Å². The van der Waals surface area contributed by atoms with Gasteiger partial charge in [0.2, 0.25) is 5.91 Å². The Balaban J connectivity index is 4.92. The second-order valence-electron chi connectivity index (χ2n) is 8.86. The third-order valence-electron chi connectivity index (χ3n) is 4.19. The fraction of sp³-hybridized carbons (Fsp3) is 0.900. The van der Waals surface area contributed by atoms with E-state index in [1.54, 1.807) is 20.8 Å². The fourth-order valence-corrected chi connectivity index (χ4v) is 2.78. The fourth-order valence-electron chi connectivity index (χ4n) is 2.78. The van der Waals surface area contributed by atoms with Crippen LogP contribution in [0, 0.1) is 17.8 Å². The van der Waals surface area contributed by atoms with E-state index in [1.165, 1.54) is 0 Å². The Bertz CT molecular complexity index is 414. The molecule has 0 heterocycles. The summed E-state index contributed by atoms with van der Waals surface area (Å²) in [4.78, 5) is 24.8. The number of ether oxygens (including phenoxy) is 1. The van der Waals surface area contributed by atoms with Crippen LogP contribution in [0.1, 0.15) is 81.6 Å². The van der Waals surface area contributed by atoms with E-state index in [0.717, 1.165) is 19.3 Å². The summed E-state index contributed by atoms with van der Waals surface area (Å²) < 4.78 is 5.29. The molecule has 0 aliphatic carbocycles. The third-order valence-corrected chi connectivity index (χ3v) is 4.19. The summed E-state index contributed by atoms with van der Waals surface area (Å²) in [5, 5.41) is 5.87. The zero-order valence-electron chi connectivity index (χ0n) is 17.7. The molecule has 2 N–H and O–H groups in total. The van der Waals surface area contributed by atoms with E-state index >= 15 is 0 Å². The van der Waals surface area contributed by atoms with Crippen LogP contribution in [0.4, 0.5) is 4.79 Å². The van der Waals surface area contributed by atoms with Gasteiger partial charge in [-0.05, 0) is 44.9 Å². The zero-order valence-corrected chi connectivity index (χ0v) is 17.7. The Morgan fingerprint density at radius 3 is 1.92 bits per heavy atom. The van der Waals surface area contributed by atoms with Crippen LogP contribution in [0.3, 0.4) is 0 Å². The van der Waals surface area contributed by atoms with E-state index in [1.807, 2.05) is 13.8 Å². The Labute approximate surface area is 154 Å². The lowest BCUT2D eigenvalue weighted by atomic mass is 9.90. The highest BCUT2D eigenvalue weighted by molar-refractivity contribution is 5.86. The van der Waals surface area contributed by atoms with Gasteiger partial charge in [0.05, 0.1) is 0 Å². The van der Waals surface area contributed by atoms with Crippen LogP contribution < -0.4 is 10.6 Å². The topological polar surface area (TPSA) is 67.4 Å². The molecule has 0 fully saturated rings. The largest absolute Gasteiger partial charge is 0.444 e. The van der Waals surface area contributed by atoms with E-state index in [-0.39, 0.29) is 17.9 Å². The van der Waals surface area contributed by atoms with E-state index < -0.39 is 17.7 Å². The summed E-state index contributed by atoms with van der Waals surface area (Å²) in [5.41, 5.74) is -0.585. The first-order valence-corrected chi connectivity index (χ1v) is 9.67. The molecule has 0 rings (SSSR count). The van der Waals surface area contributed by atoms with Gasteiger partial charge in [-0.1, -0.05) is 54.4 Å². The normalized spacial score (nSPS) is 15.6. The molecule has 2 amide bonds. The van der Waals surface area contributed by atoms with E-state index in [0.29, 0.717) is 11.8 Å². The molecule has 2 unspecified atom stereocenters. The molecule has 0 aromatic carbocycles. The molecule has 0 bridgehead atoms. The maximum Gasteiger partial charge on any atom is 0.408 e. The quantitative estimate of drug-likeness (QED) is 0.639. The number of carbonyl (C=O) groups excluding carboxylic acids is 2. The molecular formula is C20H40N2O3. The zero-order chi connectivity index (χ0) is 19.8. The van der Waals surface area contributed by atoms with E-state index in [4.69, 9.17) is 4.74 Å². The second-order valence-corrected chi connectivity index (χ2v) is 8.86. The summed E-state index contributed by atoms with van der Waals surface area (Å²) >= 11 is 0. The van der Waals surface area contributed by atoms with Crippen LogP contribution in [0.25, 0.3) is 0 Å². The highest BCUT2D eigenvalue weighted by Crippen LogP contribution is 2.18. The molecule has 5 heteroatoms. The molecule has 0 radical (unpaired) electrons. The number of alkyl carbamates (subject to hydrolysis) is 1. The Kier molecular flexibility index (Phi) is 10.1. The minimum atomic E-state index is -0.599. The molecule has 0 aromatic heterocycles. The summed E-state index contributed by atoms with van der Waals surface area (Å²) in [7, 11) is 0. The summed E-state index contributed by atoms with van der Waals surface area (Å²) in [6.07, 6.45) is 2.70. The SMILES string of the molecule is CCCC(C)CC(NC(=O)[C@@H](NC(=O)OC(C)(C)C)C(C)C)C(C)C. The number of hydrogen-bond donors (Lipinski definition) is 2. The number of amides is 2. The molecule has 0 aliphatic heterocycles. The van der Waals surface area contributed by atoms with Gasteiger partial charge in [0.25, 0.3) is 0 Å². The van der Waals surface area contributed by atoms with Crippen LogP contribution in [0.2, 0.25) is 0 Å². The van der Waals surface area contributed by atoms with Crippen LogP contribution >= 0.6 is 0 Å². The molecule has 148 valence electrons. The van der Waals surface area contributed by atoms with Gasteiger partial charge < -0.3 is 15.4 Å². The maximum absolute atomic E-state index is 12.8. The molecule has 0 spiro atoms. The van der Waals surface area contributed by atoms with Gasteiger partial charge in [-0.2, -0.15) is 0 Å². The predicted octanol–water partition coefficient (Wildman–Crippen LogP) is 4.50. The van der Waals surface area contributed by atoms with Gasteiger partial charge in [-0.3, -0.25) is 4.79 Å². The van der Waals surface area contributed by atoms with Gasteiger partial charge in [0.15, 0.2) is 0 Å². The van der Waals surface area contributed by atoms with Crippen molar-refractivity contribution in [3.8, 4) is 0 Å². The molecule has 0 aliphatic rings. The summed E-state index contributed by atoms with van der Waals surface area (Å²) in [5.74, 6) is 0.753. The first kappa shape index (κ1) is 23.7. The summed E-state index contributed by atoms with van der Waals surface area (Å²) in [6, 6.07) is -0.492. The van der Waals surface area contributed by atoms with Gasteiger partial charge >= 0.3 is 6.09 Å². The lowest BCUT2D eigenvalue weighted by molar-refractivity contribution is -0.125.